The quantitative estimate of drug-likeness (QED) is 0.743. The van der Waals surface area contributed by atoms with Gasteiger partial charge in [-0.3, -0.25) is 14.5 Å². The first kappa shape index (κ1) is 16.8. The van der Waals surface area contributed by atoms with Crippen LogP contribution >= 0.6 is 23.5 Å². The van der Waals surface area contributed by atoms with E-state index >= 15 is 0 Å². The number of hydrogen-bond donors (Lipinski definition) is 0. The molecule has 1 aliphatic rings. The number of carbonyl (C=O) groups is 3. The summed E-state index contributed by atoms with van der Waals surface area (Å²) >= 11 is 2.23. The molecule has 0 fully saturated rings. The lowest BCUT2D eigenvalue weighted by molar-refractivity contribution is -0.143. The van der Waals surface area contributed by atoms with Crippen molar-refractivity contribution in [3.05, 3.63) is 22.7 Å². The second-order valence-corrected chi connectivity index (χ2v) is 7.00. The Balaban J connectivity index is 2.97. The predicted octanol–water partition coefficient (Wildman–Crippen LogP) is 2.50. The zero-order valence-electron chi connectivity index (χ0n) is 11.8. The molecular formula is C13H17NO4S2. The maximum atomic E-state index is 12.5. The molecule has 0 saturated heterocycles. The first-order valence-corrected chi connectivity index (χ1v) is 7.78. The van der Waals surface area contributed by atoms with E-state index in [1.165, 1.54) is 29.8 Å². The van der Waals surface area contributed by atoms with Gasteiger partial charge in [-0.2, -0.15) is 0 Å². The summed E-state index contributed by atoms with van der Waals surface area (Å²) in [4.78, 5) is 36.8. The summed E-state index contributed by atoms with van der Waals surface area (Å²) in [5.74, 6) is -0.894. The van der Waals surface area contributed by atoms with Crippen molar-refractivity contribution < 1.29 is 19.1 Å². The average Bonchev–Trinajstić information content (AvgIpc) is 2.36. The molecule has 1 amide bonds. The molecule has 1 heterocycles. The van der Waals surface area contributed by atoms with Crippen LogP contribution in [0.5, 0.6) is 0 Å². The Morgan fingerprint density at radius 3 is 2.60 bits per heavy atom. The third-order valence-electron chi connectivity index (χ3n) is 2.34. The molecule has 1 aliphatic heterocycles. The SMILES string of the molecule is CCOC(=O)C1=CSC=CN1C(=O)C(C)(C)SC(C)=O. The number of amides is 1. The van der Waals surface area contributed by atoms with E-state index in [0.717, 1.165) is 11.8 Å². The smallest absolute Gasteiger partial charge is 0.355 e. The second-order valence-electron chi connectivity index (χ2n) is 4.42. The molecule has 0 spiro atoms. The first-order valence-electron chi connectivity index (χ1n) is 6.02. The minimum atomic E-state index is -0.955. The molecule has 0 aromatic carbocycles. The van der Waals surface area contributed by atoms with E-state index in [9.17, 15) is 14.4 Å². The van der Waals surface area contributed by atoms with Gasteiger partial charge in [0.1, 0.15) is 5.70 Å². The fourth-order valence-corrected chi connectivity index (χ4v) is 3.07. The third kappa shape index (κ3) is 4.14. The van der Waals surface area contributed by atoms with Gasteiger partial charge in [-0.05, 0) is 26.2 Å². The van der Waals surface area contributed by atoms with Crippen LogP contribution in [0.4, 0.5) is 0 Å². The van der Waals surface area contributed by atoms with Gasteiger partial charge in [-0.25, -0.2) is 4.79 Å². The third-order valence-corrected chi connectivity index (χ3v) is 3.96. The molecule has 20 heavy (non-hydrogen) atoms. The van der Waals surface area contributed by atoms with Crippen molar-refractivity contribution in [1.29, 1.82) is 0 Å². The molecule has 0 bridgehead atoms. The molecule has 0 N–H and O–H groups in total. The summed E-state index contributed by atoms with van der Waals surface area (Å²) in [5.41, 5.74) is 0.168. The number of ether oxygens (including phenoxy) is 1. The van der Waals surface area contributed by atoms with Crippen molar-refractivity contribution in [3.63, 3.8) is 0 Å². The maximum absolute atomic E-state index is 12.5. The highest BCUT2D eigenvalue weighted by molar-refractivity contribution is 8.15. The Labute approximate surface area is 126 Å². The summed E-state index contributed by atoms with van der Waals surface area (Å²) in [6, 6.07) is 0. The van der Waals surface area contributed by atoms with Crippen molar-refractivity contribution in [2.45, 2.75) is 32.4 Å². The van der Waals surface area contributed by atoms with Crippen LogP contribution in [0.1, 0.15) is 27.7 Å². The Morgan fingerprint density at radius 1 is 1.40 bits per heavy atom. The van der Waals surface area contributed by atoms with Gasteiger partial charge >= 0.3 is 5.97 Å². The monoisotopic (exact) mass is 315 g/mol. The standard InChI is InChI=1S/C13H17NO4S2/c1-5-18-11(16)10-8-19-7-6-14(10)12(17)13(3,4)20-9(2)15/h6-8H,5H2,1-4H3. The van der Waals surface area contributed by atoms with E-state index in [-0.39, 0.29) is 23.3 Å². The fraction of sp³-hybridized carbons (Fsp3) is 0.462. The van der Waals surface area contributed by atoms with Crippen LogP contribution in [-0.2, 0) is 19.1 Å². The molecule has 0 saturated carbocycles. The van der Waals surface area contributed by atoms with Crippen LogP contribution in [-0.4, -0.2) is 33.2 Å². The fourth-order valence-electron chi connectivity index (χ4n) is 1.56. The summed E-state index contributed by atoms with van der Waals surface area (Å²) in [7, 11) is 0. The minimum absolute atomic E-state index is 0.152. The number of carbonyl (C=O) groups excluding carboxylic acids is 3. The van der Waals surface area contributed by atoms with E-state index in [1.54, 1.807) is 31.6 Å². The van der Waals surface area contributed by atoms with Gasteiger partial charge in [0.25, 0.3) is 0 Å². The van der Waals surface area contributed by atoms with E-state index in [1.807, 2.05) is 0 Å². The van der Waals surface area contributed by atoms with Gasteiger partial charge in [0.2, 0.25) is 5.91 Å². The van der Waals surface area contributed by atoms with Crippen LogP contribution in [0.15, 0.2) is 22.7 Å². The molecule has 0 aliphatic carbocycles. The molecule has 0 aromatic rings. The molecule has 0 atom stereocenters. The predicted molar refractivity (Wildman–Crippen MR) is 80.6 cm³/mol. The number of esters is 1. The Hall–Kier alpha value is -1.21. The van der Waals surface area contributed by atoms with Crippen LogP contribution in [0, 0.1) is 0 Å². The highest BCUT2D eigenvalue weighted by Gasteiger charge is 2.37. The zero-order chi connectivity index (χ0) is 15.3. The summed E-state index contributed by atoms with van der Waals surface area (Å²) in [6.07, 6.45) is 1.52. The van der Waals surface area contributed by atoms with Crippen LogP contribution < -0.4 is 0 Å². The first-order chi connectivity index (χ1) is 9.29. The molecule has 0 aromatic heterocycles. The lowest BCUT2D eigenvalue weighted by atomic mass is 10.1. The minimum Gasteiger partial charge on any atom is -0.461 e. The van der Waals surface area contributed by atoms with Gasteiger partial charge < -0.3 is 4.74 Å². The Kier molecular flexibility index (Phi) is 5.88. The molecule has 7 heteroatoms. The van der Waals surface area contributed by atoms with Gasteiger partial charge in [0.05, 0.1) is 11.4 Å². The van der Waals surface area contributed by atoms with E-state index in [4.69, 9.17) is 4.74 Å². The van der Waals surface area contributed by atoms with Crippen molar-refractivity contribution in [2.24, 2.45) is 0 Å². The second kappa shape index (κ2) is 6.99. The maximum Gasteiger partial charge on any atom is 0.355 e. The molecular weight excluding hydrogens is 298 g/mol. The van der Waals surface area contributed by atoms with E-state index < -0.39 is 10.7 Å². The Bertz CT molecular complexity index is 483. The average molecular weight is 315 g/mol. The van der Waals surface area contributed by atoms with Gasteiger partial charge in [-0.15, -0.1) is 11.8 Å². The van der Waals surface area contributed by atoms with Crippen LogP contribution in [0.2, 0.25) is 0 Å². The van der Waals surface area contributed by atoms with E-state index in [2.05, 4.69) is 0 Å². The van der Waals surface area contributed by atoms with E-state index in [0.29, 0.717) is 0 Å². The topological polar surface area (TPSA) is 63.7 Å². The summed E-state index contributed by atoms with van der Waals surface area (Å²) < 4.78 is 3.98. The number of rotatable bonds is 4. The lowest BCUT2D eigenvalue weighted by Gasteiger charge is -2.30. The van der Waals surface area contributed by atoms with Gasteiger partial charge in [0.15, 0.2) is 5.12 Å². The highest BCUT2D eigenvalue weighted by atomic mass is 32.2. The molecule has 0 unspecified atom stereocenters. The van der Waals surface area contributed by atoms with Gasteiger partial charge in [-0.1, -0.05) is 11.8 Å². The number of nitrogens with zero attached hydrogens (tertiary/aromatic N) is 1. The summed E-state index contributed by atoms with van der Waals surface area (Å²) in [6.45, 7) is 6.65. The van der Waals surface area contributed by atoms with Crippen molar-refractivity contribution in [3.8, 4) is 0 Å². The zero-order valence-corrected chi connectivity index (χ0v) is 13.5. The van der Waals surface area contributed by atoms with Crippen LogP contribution in [0.25, 0.3) is 0 Å². The lowest BCUT2D eigenvalue weighted by Crippen LogP contribution is -2.42. The highest BCUT2D eigenvalue weighted by Crippen LogP contribution is 2.31. The molecule has 110 valence electrons. The number of hydrogen-bond acceptors (Lipinski definition) is 6. The normalized spacial score (nSPS) is 14.8. The van der Waals surface area contributed by atoms with Crippen molar-refractivity contribution in [2.75, 3.05) is 6.61 Å². The van der Waals surface area contributed by atoms with Crippen molar-refractivity contribution in [1.82, 2.24) is 4.90 Å². The number of thioether (sulfide) groups is 2. The Morgan fingerprint density at radius 2 is 2.05 bits per heavy atom. The van der Waals surface area contributed by atoms with Gasteiger partial charge in [0, 0.05) is 18.5 Å². The molecule has 1 rings (SSSR count). The summed E-state index contributed by atoms with van der Waals surface area (Å²) in [5, 5.41) is 3.10. The van der Waals surface area contributed by atoms with Crippen molar-refractivity contribution >= 4 is 40.5 Å². The molecule has 0 radical (unpaired) electrons. The van der Waals surface area contributed by atoms with Crippen LogP contribution in [0.3, 0.4) is 0 Å². The molecule has 5 nitrogen and oxygen atoms in total. The largest absolute Gasteiger partial charge is 0.461 e.